The summed E-state index contributed by atoms with van der Waals surface area (Å²) < 4.78 is 28.4. The normalized spacial score (nSPS) is 12.4. The molecule has 0 fully saturated rings. The second-order valence-electron chi connectivity index (χ2n) is 7.95. The van der Waals surface area contributed by atoms with Crippen LogP contribution in [-0.4, -0.2) is 32.8 Å². The molecule has 0 heterocycles. The molecule has 2 amide bonds. The molecule has 0 saturated carbocycles. The molecule has 8 heteroatoms. The maximum absolute atomic E-state index is 13.0. The summed E-state index contributed by atoms with van der Waals surface area (Å²) in [6, 6.07) is 6.46. The Kier molecular flexibility index (Phi) is 7.62. The summed E-state index contributed by atoms with van der Waals surface area (Å²) in [7, 11) is -3.92. The molecule has 3 N–H and O–H groups in total. The van der Waals surface area contributed by atoms with Crippen LogP contribution in [0, 0.1) is 41.5 Å². The van der Waals surface area contributed by atoms with E-state index in [0.29, 0.717) is 16.8 Å². The Labute approximate surface area is 184 Å². The first-order valence-electron chi connectivity index (χ1n) is 10.1. The first-order chi connectivity index (χ1) is 14.3. The van der Waals surface area contributed by atoms with Crippen molar-refractivity contribution in [1.82, 2.24) is 10.0 Å². The number of nitrogens with one attached hydrogen (secondary N) is 3. The van der Waals surface area contributed by atoms with Crippen LogP contribution in [0.3, 0.4) is 0 Å². The molecular formula is C23H31N3O4S. The van der Waals surface area contributed by atoms with Gasteiger partial charge in [0.25, 0.3) is 0 Å². The van der Waals surface area contributed by atoms with Crippen LogP contribution in [0.25, 0.3) is 0 Å². The zero-order valence-electron chi connectivity index (χ0n) is 19.1. The van der Waals surface area contributed by atoms with E-state index in [4.69, 9.17) is 0 Å². The van der Waals surface area contributed by atoms with Gasteiger partial charge < -0.3 is 10.6 Å². The third kappa shape index (κ3) is 5.71. The lowest BCUT2D eigenvalue weighted by atomic mass is 10.0. The maximum atomic E-state index is 13.0. The Balaban J connectivity index is 2.04. The van der Waals surface area contributed by atoms with Crippen molar-refractivity contribution in [3.05, 3.63) is 57.6 Å². The Hall–Kier alpha value is -2.71. The highest BCUT2D eigenvalue weighted by molar-refractivity contribution is 7.89. The van der Waals surface area contributed by atoms with Crippen molar-refractivity contribution < 1.29 is 18.0 Å². The molecule has 0 radical (unpaired) electrons. The van der Waals surface area contributed by atoms with Gasteiger partial charge in [-0.25, -0.2) is 8.42 Å². The average molecular weight is 446 g/mol. The molecule has 0 aliphatic carbocycles. The van der Waals surface area contributed by atoms with E-state index in [2.05, 4.69) is 15.4 Å². The number of amides is 2. The number of aryl methyl sites for hydroxylation is 3. The largest absolute Gasteiger partial charge is 0.346 e. The third-order valence-corrected chi connectivity index (χ3v) is 7.41. The van der Waals surface area contributed by atoms with Crippen LogP contribution in [0.5, 0.6) is 0 Å². The molecule has 0 aromatic heterocycles. The number of rotatable bonds is 7. The highest BCUT2D eigenvalue weighted by Gasteiger charge is 2.26. The number of hydrogen-bond donors (Lipinski definition) is 3. The number of hydrogen-bond acceptors (Lipinski definition) is 4. The molecule has 0 aliphatic rings. The van der Waals surface area contributed by atoms with Gasteiger partial charge in [0.15, 0.2) is 0 Å². The smallest absolute Gasteiger partial charge is 0.243 e. The summed E-state index contributed by atoms with van der Waals surface area (Å²) in [5, 5.41) is 5.24. The number of carbonyl (C=O) groups excluding carboxylic acids is 2. The fourth-order valence-electron chi connectivity index (χ4n) is 3.33. The summed E-state index contributed by atoms with van der Waals surface area (Å²) in [4.78, 5) is 24.8. The quantitative estimate of drug-likeness (QED) is 0.609. The van der Waals surface area contributed by atoms with Crippen molar-refractivity contribution in [2.45, 2.75) is 59.4 Å². The van der Waals surface area contributed by atoms with E-state index in [0.717, 1.165) is 22.3 Å². The fourth-order valence-corrected chi connectivity index (χ4v) is 5.15. The van der Waals surface area contributed by atoms with Crippen LogP contribution in [-0.2, 0) is 19.6 Å². The standard InChI is InChI=1S/C23H31N3O4S/c1-13-9-8-10-20(16(13)4)25-21(27)12-24-23(28)19(7)26-31(29,30)22-17(5)14(2)11-15(3)18(22)6/h8-11,19,26H,12H2,1-7H3,(H,24,28)(H,25,27)/t19-/m0/s1. The Morgan fingerprint density at radius 1 is 0.903 bits per heavy atom. The van der Waals surface area contributed by atoms with Gasteiger partial charge in [0, 0.05) is 5.69 Å². The molecule has 0 unspecified atom stereocenters. The molecule has 2 aromatic rings. The van der Waals surface area contributed by atoms with Crippen molar-refractivity contribution in [3.8, 4) is 0 Å². The zero-order chi connectivity index (χ0) is 23.5. The van der Waals surface area contributed by atoms with E-state index in [9.17, 15) is 18.0 Å². The van der Waals surface area contributed by atoms with E-state index in [-0.39, 0.29) is 11.4 Å². The van der Waals surface area contributed by atoms with Crippen molar-refractivity contribution in [1.29, 1.82) is 0 Å². The van der Waals surface area contributed by atoms with Crippen molar-refractivity contribution in [2.24, 2.45) is 0 Å². The van der Waals surface area contributed by atoms with E-state index in [1.54, 1.807) is 19.9 Å². The minimum absolute atomic E-state index is 0.192. The van der Waals surface area contributed by atoms with Crippen LogP contribution in [0.1, 0.15) is 40.3 Å². The molecule has 0 saturated heterocycles. The monoisotopic (exact) mass is 445 g/mol. The Morgan fingerprint density at radius 3 is 2.06 bits per heavy atom. The van der Waals surface area contributed by atoms with Gasteiger partial charge in [-0.05, 0) is 87.9 Å². The third-order valence-electron chi connectivity index (χ3n) is 5.59. The second-order valence-corrected chi connectivity index (χ2v) is 9.60. The van der Waals surface area contributed by atoms with Gasteiger partial charge in [-0.3, -0.25) is 9.59 Å². The maximum Gasteiger partial charge on any atom is 0.243 e. The predicted octanol–water partition coefficient (Wildman–Crippen LogP) is 2.96. The van der Waals surface area contributed by atoms with Crippen molar-refractivity contribution >= 4 is 27.5 Å². The fraction of sp³-hybridized carbons (Fsp3) is 0.391. The molecule has 31 heavy (non-hydrogen) atoms. The minimum Gasteiger partial charge on any atom is -0.346 e. The molecule has 0 spiro atoms. The summed E-state index contributed by atoms with van der Waals surface area (Å²) in [5.41, 5.74) is 5.69. The number of benzene rings is 2. The number of sulfonamides is 1. The van der Waals surface area contributed by atoms with Gasteiger partial charge in [0.05, 0.1) is 17.5 Å². The highest BCUT2D eigenvalue weighted by Crippen LogP contribution is 2.26. The van der Waals surface area contributed by atoms with Crippen LogP contribution in [0.2, 0.25) is 0 Å². The van der Waals surface area contributed by atoms with Crippen LogP contribution in [0.4, 0.5) is 5.69 Å². The van der Waals surface area contributed by atoms with Gasteiger partial charge >= 0.3 is 0 Å². The number of carbonyl (C=O) groups is 2. The van der Waals surface area contributed by atoms with E-state index in [1.165, 1.54) is 6.92 Å². The lowest BCUT2D eigenvalue weighted by Gasteiger charge is -2.19. The van der Waals surface area contributed by atoms with Crippen molar-refractivity contribution in [2.75, 3.05) is 11.9 Å². The SMILES string of the molecule is Cc1cccc(NC(=O)CNC(=O)[C@H](C)NS(=O)(=O)c2c(C)c(C)cc(C)c2C)c1C. The van der Waals surface area contributed by atoms with E-state index >= 15 is 0 Å². The Bertz CT molecular complexity index is 1100. The highest BCUT2D eigenvalue weighted by atomic mass is 32.2. The average Bonchev–Trinajstić information content (AvgIpc) is 2.67. The van der Waals surface area contributed by atoms with Crippen LogP contribution in [0.15, 0.2) is 29.2 Å². The molecular weight excluding hydrogens is 414 g/mol. The first kappa shape index (κ1) is 24.6. The first-order valence-corrected chi connectivity index (χ1v) is 11.6. The molecule has 7 nitrogen and oxygen atoms in total. The van der Waals surface area contributed by atoms with Gasteiger partial charge in [-0.15, -0.1) is 0 Å². The summed E-state index contributed by atoms with van der Waals surface area (Å²) >= 11 is 0. The molecule has 2 aromatic carbocycles. The van der Waals surface area contributed by atoms with Gasteiger partial charge in [0.1, 0.15) is 0 Å². The second kappa shape index (κ2) is 9.62. The van der Waals surface area contributed by atoms with Crippen LogP contribution < -0.4 is 15.4 Å². The van der Waals surface area contributed by atoms with Crippen LogP contribution >= 0.6 is 0 Å². The zero-order valence-corrected chi connectivity index (χ0v) is 20.0. The van der Waals surface area contributed by atoms with Gasteiger partial charge in [-0.2, -0.15) is 4.72 Å². The predicted molar refractivity (Wildman–Crippen MR) is 123 cm³/mol. The van der Waals surface area contributed by atoms with Gasteiger partial charge in [-0.1, -0.05) is 18.2 Å². The molecule has 0 aliphatic heterocycles. The topological polar surface area (TPSA) is 104 Å². The molecule has 0 bridgehead atoms. The Morgan fingerprint density at radius 2 is 1.48 bits per heavy atom. The molecule has 1 atom stereocenters. The number of anilines is 1. The van der Waals surface area contributed by atoms with E-state index < -0.39 is 27.9 Å². The van der Waals surface area contributed by atoms with E-state index in [1.807, 2.05) is 45.9 Å². The summed E-state index contributed by atoms with van der Waals surface area (Å²) in [6.07, 6.45) is 0. The van der Waals surface area contributed by atoms with Crippen molar-refractivity contribution in [3.63, 3.8) is 0 Å². The summed E-state index contributed by atoms with van der Waals surface area (Å²) in [5.74, 6) is -0.975. The molecule has 168 valence electrons. The molecule has 2 rings (SSSR count). The lowest BCUT2D eigenvalue weighted by Crippen LogP contribution is -2.46. The minimum atomic E-state index is -3.92. The van der Waals surface area contributed by atoms with Gasteiger partial charge in [0.2, 0.25) is 21.8 Å². The summed E-state index contributed by atoms with van der Waals surface area (Å²) in [6.45, 7) is 12.2. The lowest BCUT2D eigenvalue weighted by molar-refractivity contribution is -0.125.